The zero-order chi connectivity index (χ0) is 12.6. The number of anilines is 1. The maximum absolute atomic E-state index is 13.2. The fourth-order valence-corrected chi connectivity index (χ4v) is 2.01. The Bertz CT molecular complexity index is 447. The molecule has 0 bridgehead atoms. The van der Waals surface area contributed by atoms with Gasteiger partial charge in [-0.2, -0.15) is 0 Å². The fraction of sp³-hybridized carbons (Fsp3) is 0.300. The van der Waals surface area contributed by atoms with E-state index in [1.54, 1.807) is 7.05 Å². The van der Waals surface area contributed by atoms with Crippen molar-refractivity contribution >= 4 is 34.8 Å². The van der Waals surface area contributed by atoms with Gasteiger partial charge in [0.1, 0.15) is 6.73 Å². The Morgan fingerprint density at radius 1 is 1.47 bits per heavy atom. The van der Waals surface area contributed by atoms with Gasteiger partial charge in [0, 0.05) is 5.69 Å². The second-order valence-corrected chi connectivity index (χ2v) is 4.27. The molecule has 1 atom stereocenters. The van der Waals surface area contributed by atoms with Crippen LogP contribution >= 0.6 is 23.2 Å². The fourth-order valence-electron chi connectivity index (χ4n) is 1.53. The molecule has 0 spiro atoms. The van der Waals surface area contributed by atoms with E-state index >= 15 is 0 Å². The van der Waals surface area contributed by atoms with Crippen LogP contribution in [0.2, 0.25) is 10.0 Å². The third-order valence-electron chi connectivity index (χ3n) is 2.40. The predicted molar refractivity (Wildman–Crippen MR) is 62.7 cm³/mol. The van der Waals surface area contributed by atoms with Crippen molar-refractivity contribution in [3.8, 4) is 0 Å². The first-order valence-electron chi connectivity index (χ1n) is 4.79. The van der Waals surface area contributed by atoms with Crippen LogP contribution in [0.5, 0.6) is 0 Å². The number of nitrogens with one attached hydrogen (secondary N) is 1. The Hall–Kier alpha value is -0.880. The van der Waals surface area contributed by atoms with Crippen LogP contribution in [0.4, 0.5) is 10.1 Å². The summed E-state index contributed by atoms with van der Waals surface area (Å²) in [5.41, 5.74) is 0.407. The lowest BCUT2D eigenvalue weighted by Gasteiger charge is -2.15. The second kappa shape index (κ2) is 4.78. The lowest BCUT2D eigenvalue weighted by molar-refractivity contribution is -0.123. The summed E-state index contributed by atoms with van der Waals surface area (Å²) in [7, 11) is 1.61. The molecule has 7 heteroatoms. The van der Waals surface area contributed by atoms with Gasteiger partial charge >= 0.3 is 0 Å². The molecule has 1 aromatic rings. The largest absolute Gasteiger partial charge is 0.333 e. The van der Waals surface area contributed by atoms with Gasteiger partial charge in [-0.05, 0) is 19.2 Å². The van der Waals surface area contributed by atoms with E-state index in [1.807, 2.05) is 0 Å². The molecule has 1 aromatic carbocycles. The van der Waals surface area contributed by atoms with Gasteiger partial charge in [-0.1, -0.05) is 23.2 Å². The number of benzene rings is 1. The topological polar surface area (TPSA) is 41.6 Å². The molecule has 2 rings (SSSR count). The number of halogens is 3. The first kappa shape index (κ1) is 12.6. The predicted octanol–water partition coefficient (Wildman–Crippen LogP) is 2.00. The number of carbonyl (C=O) groups is 1. The molecule has 1 heterocycles. The summed E-state index contributed by atoms with van der Waals surface area (Å²) in [5.74, 6) is -0.971. The van der Waals surface area contributed by atoms with Gasteiger partial charge in [0.25, 0.3) is 5.91 Å². The molecule has 1 N–H and O–H groups in total. The third kappa shape index (κ3) is 2.24. The highest BCUT2D eigenvalue weighted by Crippen LogP contribution is 2.30. The number of ether oxygens (including phenoxy) is 1. The smallest absolute Gasteiger partial charge is 0.273 e. The summed E-state index contributed by atoms with van der Waals surface area (Å²) in [6.45, 7) is 0.0721. The number of rotatable bonds is 2. The van der Waals surface area contributed by atoms with Crippen molar-refractivity contribution < 1.29 is 13.9 Å². The summed E-state index contributed by atoms with van der Waals surface area (Å²) in [4.78, 5) is 13.1. The molecule has 0 saturated carbocycles. The number of hydrogen-bond donors (Lipinski definition) is 1. The standard InChI is InChI=1S/C10H9Cl2FN2O2/c1-14-9-10(16)15(4-17-9)5-2-6(11)8(13)7(12)3-5/h2-3,9,14H,4H2,1H3. The molecule has 1 saturated heterocycles. The minimum absolute atomic E-state index is 0.0721. The van der Waals surface area contributed by atoms with E-state index in [9.17, 15) is 9.18 Å². The van der Waals surface area contributed by atoms with Crippen molar-refractivity contribution in [2.24, 2.45) is 0 Å². The average Bonchev–Trinajstić information content (AvgIpc) is 2.66. The minimum Gasteiger partial charge on any atom is -0.333 e. The molecular formula is C10H9Cl2FN2O2. The molecule has 1 unspecified atom stereocenters. The quantitative estimate of drug-likeness (QED) is 0.842. The summed E-state index contributed by atoms with van der Waals surface area (Å²) in [6.07, 6.45) is -0.697. The molecule has 1 amide bonds. The van der Waals surface area contributed by atoms with Gasteiger partial charge in [-0.25, -0.2) is 4.39 Å². The van der Waals surface area contributed by atoms with E-state index in [0.29, 0.717) is 5.69 Å². The number of carbonyl (C=O) groups excluding carboxylic acids is 1. The maximum Gasteiger partial charge on any atom is 0.273 e. The average molecular weight is 279 g/mol. The van der Waals surface area contributed by atoms with Crippen LogP contribution in [0.1, 0.15) is 0 Å². The summed E-state index contributed by atoms with van der Waals surface area (Å²) < 4.78 is 18.4. The molecule has 1 aliphatic rings. The summed E-state index contributed by atoms with van der Waals surface area (Å²) >= 11 is 11.3. The van der Waals surface area contributed by atoms with Gasteiger partial charge in [0.2, 0.25) is 0 Å². The summed E-state index contributed by atoms with van der Waals surface area (Å²) in [6, 6.07) is 2.67. The lowest BCUT2D eigenvalue weighted by atomic mass is 10.3. The number of amides is 1. The highest BCUT2D eigenvalue weighted by Gasteiger charge is 2.32. The molecule has 1 fully saturated rings. The second-order valence-electron chi connectivity index (χ2n) is 3.45. The normalized spacial score (nSPS) is 20.1. The highest BCUT2D eigenvalue weighted by molar-refractivity contribution is 6.35. The number of hydrogen-bond acceptors (Lipinski definition) is 3. The van der Waals surface area contributed by atoms with Crippen molar-refractivity contribution in [3.63, 3.8) is 0 Å². The number of likely N-dealkylation sites (N-methyl/N-ethyl adjacent to an activating group) is 1. The van der Waals surface area contributed by atoms with E-state index < -0.39 is 12.0 Å². The molecule has 0 aromatic heterocycles. The Morgan fingerprint density at radius 2 is 2.06 bits per heavy atom. The Labute approximate surface area is 107 Å². The molecule has 17 heavy (non-hydrogen) atoms. The van der Waals surface area contributed by atoms with Crippen molar-refractivity contribution in [2.75, 3.05) is 18.7 Å². The first-order chi connectivity index (χ1) is 8.04. The van der Waals surface area contributed by atoms with E-state index in [2.05, 4.69) is 5.32 Å². The van der Waals surface area contributed by atoms with Crippen LogP contribution in [0.3, 0.4) is 0 Å². The zero-order valence-corrected chi connectivity index (χ0v) is 10.3. The SMILES string of the molecule is CNC1OCN(c2cc(Cl)c(F)c(Cl)c2)C1=O. The summed E-state index contributed by atoms with van der Waals surface area (Å²) in [5, 5.41) is 2.44. The van der Waals surface area contributed by atoms with Crippen LogP contribution in [-0.2, 0) is 9.53 Å². The van der Waals surface area contributed by atoms with Crippen molar-refractivity contribution in [1.29, 1.82) is 0 Å². The maximum atomic E-state index is 13.2. The van der Waals surface area contributed by atoms with Crippen molar-refractivity contribution in [3.05, 3.63) is 28.0 Å². The van der Waals surface area contributed by atoms with Gasteiger partial charge in [-0.3, -0.25) is 15.0 Å². The van der Waals surface area contributed by atoms with Gasteiger partial charge in [0.15, 0.2) is 12.0 Å². The zero-order valence-electron chi connectivity index (χ0n) is 8.84. The van der Waals surface area contributed by atoms with Crippen LogP contribution in [0.15, 0.2) is 12.1 Å². The Balaban J connectivity index is 2.33. The lowest BCUT2D eigenvalue weighted by Crippen LogP contribution is -2.36. The van der Waals surface area contributed by atoms with Crippen LogP contribution in [0.25, 0.3) is 0 Å². The van der Waals surface area contributed by atoms with Gasteiger partial charge in [-0.15, -0.1) is 0 Å². The Morgan fingerprint density at radius 3 is 2.53 bits per heavy atom. The van der Waals surface area contributed by atoms with Gasteiger partial charge < -0.3 is 4.74 Å². The first-order valence-corrected chi connectivity index (χ1v) is 5.55. The van der Waals surface area contributed by atoms with E-state index in [0.717, 1.165) is 0 Å². The third-order valence-corrected chi connectivity index (χ3v) is 2.95. The monoisotopic (exact) mass is 278 g/mol. The molecule has 1 aliphatic heterocycles. The molecule has 92 valence electrons. The van der Waals surface area contributed by atoms with Crippen LogP contribution in [0, 0.1) is 5.82 Å². The highest BCUT2D eigenvalue weighted by atomic mass is 35.5. The molecule has 0 aliphatic carbocycles. The molecule has 0 radical (unpaired) electrons. The van der Waals surface area contributed by atoms with Crippen LogP contribution < -0.4 is 10.2 Å². The number of nitrogens with zero attached hydrogens (tertiary/aromatic N) is 1. The van der Waals surface area contributed by atoms with Crippen molar-refractivity contribution in [2.45, 2.75) is 6.23 Å². The van der Waals surface area contributed by atoms with E-state index in [-0.39, 0.29) is 22.7 Å². The minimum atomic E-state index is -0.699. The van der Waals surface area contributed by atoms with E-state index in [4.69, 9.17) is 27.9 Å². The van der Waals surface area contributed by atoms with Gasteiger partial charge in [0.05, 0.1) is 10.0 Å². The Kier molecular flexibility index (Phi) is 3.53. The molecular weight excluding hydrogens is 270 g/mol. The van der Waals surface area contributed by atoms with E-state index in [1.165, 1.54) is 17.0 Å². The van der Waals surface area contributed by atoms with Crippen molar-refractivity contribution in [1.82, 2.24) is 5.32 Å². The van der Waals surface area contributed by atoms with Crippen LogP contribution in [-0.4, -0.2) is 25.9 Å². The molecule has 4 nitrogen and oxygen atoms in total.